The molecule has 2 fully saturated rings. The van der Waals surface area contributed by atoms with E-state index in [1.165, 1.54) is 0 Å². The zero-order chi connectivity index (χ0) is 13.5. The second-order valence-corrected chi connectivity index (χ2v) is 6.50. The van der Waals surface area contributed by atoms with E-state index in [1.807, 2.05) is 20.8 Å². The van der Waals surface area contributed by atoms with Gasteiger partial charge in [-0.05, 0) is 20.8 Å². The van der Waals surface area contributed by atoms with Crippen LogP contribution in [0.15, 0.2) is 0 Å². The van der Waals surface area contributed by atoms with Crippen molar-refractivity contribution in [2.75, 3.05) is 19.6 Å². The molecule has 1 atom stereocenters. The lowest BCUT2D eigenvalue weighted by molar-refractivity contribution is -0.132. The molecule has 0 bridgehead atoms. The van der Waals surface area contributed by atoms with Gasteiger partial charge in [0.15, 0.2) is 0 Å². The largest absolute Gasteiger partial charge is 0.444 e. The molecule has 0 radical (unpaired) electrons. The summed E-state index contributed by atoms with van der Waals surface area (Å²) in [4.78, 5) is 26.7. The van der Waals surface area contributed by atoms with Gasteiger partial charge in [0, 0.05) is 26.1 Å². The minimum Gasteiger partial charge on any atom is -0.444 e. The van der Waals surface area contributed by atoms with Crippen LogP contribution in [-0.2, 0) is 9.53 Å². The highest BCUT2D eigenvalue weighted by molar-refractivity contribution is 6.22. The van der Waals surface area contributed by atoms with Crippen LogP contribution in [0.3, 0.4) is 0 Å². The molecule has 0 aromatic rings. The zero-order valence-corrected chi connectivity index (χ0v) is 11.7. The molecule has 5 nitrogen and oxygen atoms in total. The number of rotatable bonds is 1. The van der Waals surface area contributed by atoms with Gasteiger partial charge in [0.1, 0.15) is 5.60 Å². The third-order valence-corrected chi connectivity index (χ3v) is 3.36. The number of hydrogen-bond acceptors (Lipinski definition) is 3. The van der Waals surface area contributed by atoms with Crippen LogP contribution in [-0.4, -0.2) is 58.5 Å². The topological polar surface area (TPSA) is 49.9 Å². The van der Waals surface area contributed by atoms with Crippen LogP contribution in [0.4, 0.5) is 4.79 Å². The van der Waals surface area contributed by atoms with Crippen LogP contribution in [0, 0.1) is 0 Å². The van der Waals surface area contributed by atoms with Crippen molar-refractivity contribution < 1.29 is 14.3 Å². The van der Waals surface area contributed by atoms with Gasteiger partial charge in [-0.1, -0.05) is 0 Å². The van der Waals surface area contributed by atoms with Crippen molar-refractivity contribution in [1.82, 2.24) is 9.80 Å². The van der Waals surface area contributed by atoms with Gasteiger partial charge in [-0.25, -0.2) is 4.79 Å². The Balaban J connectivity index is 1.80. The number of alkyl halides is 1. The Hall–Kier alpha value is -0.970. The molecule has 0 spiro atoms. The SMILES string of the molecule is CC(C)(C)OC(=O)N1CC(N2CC(Cl)CC2=O)C1. The molecule has 102 valence electrons. The Morgan fingerprint density at radius 1 is 1.33 bits per heavy atom. The van der Waals surface area contributed by atoms with E-state index in [1.54, 1.807) is 9.80 Å². The monoisotopic (exact) mass is 274 g/mol. The van der Waals surface area contributed by atoms with Crippen LogP contribution in [0.5, 0.6) is 0 Å². The van der Waals surface area contributed by atoms with Gasteiger partial charge in [0.05, 0.1) is 11.4 Å². The summed E-state index contributed by atoms with van der Waals surface area (Å²) in [6, 6.07) is 0.105. The Bertz CT molecular complexity index is 361. The van der Waals surface area contributed by atoms with E-state index in [2.05, 4.69) is 0 Å². The summed E-state index contributed by atoms with van der Waals surface area (Å²) in [5.41, 5.74) is -0.479. The minimum atomic E-state index is -0.479. The van der Waals surface area contributed by atoms with Crippen LogP contribution >= 0.6 is 11.6 Å². The van der Waals surface area contributed by atoms with Crippen LogP contribution in [0.1, 0.15) is 27.2 Å². The van der Waals surface area contributed by atoms with Crippen molar-refractivity contribution in [3.05, 3.63) is 0 Å². The maximum atomic E-state index is 11.7. The van der Waals surface area contributed by atoms with E-state index < -0.39 is 5.60 Å². The van der Waals surface area contributed by atoms with Crippen molar-refractivity contribution in [2.45, 2.75) is 44.2 Å². The number of carbonyl (C=O) groups excluding carboxylic acids is 2. The lowest BCUT2D eigenvalue weighted by Crippen LogP contribution is -2.62. The molecule has 2 aliphatic heterocycles. The Morgan fingerprint density at radius 2 is 1.94 bits per heavy atom. The van der Waals surface area contributed by atoms with Gasteiger partial charge in [-0.3, -0.25) is 4.79 Å². The van der Waals surface area contributed by atoms with Crippen LogP contribution < -0.4 is 0 Å². The number of hydrogen-bond donors (Lipinski definition) is 0. The quantitative estimate of drug-likeness (QED) is 0.680. The summed E-state index contributed by atoms with van der Waals surface area (Å²) in [6.45, 7) is 7.19. The Morgan fingerprint density at radius 3 is 2.39 bits per heavy atom. The van der Waals surface area contributed by atoms with Gasteiger partial charge in [0.25, 0.3) is 0 Å². The standard InChI is InChI=1S/C12H19ClN2O3/c1-12(2,3)18-11(17)14-6-9(7-14)15-5-8(13)4-10(15)16/h8-9H,4-7H2,1-3H3. The first-order valence-corrected chi connectivity index (χ1v) is 6.61. The zero-order valence-electron chi connectivity index (χ0n) is 11.0. The van der Waals surface area contributed by atoms with Gasteiger partial charge in [-0.2, -0.15) is 0 Å². The van der Waals surface area contributed by atoms with Gasteiger partial charge in [-0.15, -0.1) is 11.6 Å². The summed E-state index contributed by atoms with van der Waals surface area (Å²) < 4.78 is 5.26. The second kappa shape index (κ2) is 4.61. The van der Waals surface area contributed by atoms with E-state index in [0.29, 0.717) is 26.1 Å². The lowest BCUT2D eigenvalue weighted by Gasteiger charge is -2.43. The second-order valence-electron chi connectivity index (χ2n) is 5.89. The summed E-state index contributed by atoms with van der Waals surface area (Å²) >= 11 is 5.95. The fraction of sp³-hybridized carbons (Fsp3) is 0.833. The number of nitrogens with zero attached hydrogens (tertiary/aromatic N) is 2. The molecule has 2 saturated heterocycles. The third-order valence-electron chi connectivity index (χ3n) is 3.07. The molecule has 0 N–H and O–H groups in total. The maximum Gasteiger partial charge on any atom is 0.410 e. The van der Waals surface area contributed by atoms with Crippen LogP contribution in [0.25, 0.3) is 0 Å². The fourth-order valence-electron chi connectivity index (χ4n) is 2.17. The molecule has 2 heterocycles. The highest BCUT2D eigenvalue weighted by atomic mass is 35.5. The predicted octanol–water partition coefficient (Wildman–Crippen LogP) is 1.45. The first kappa shape index (κ1) is 13.5. The highest BCUT2D eigenvalue weighted by Gasteiger charge is 2.42. The van der Waals surface area contributed by atoms with E-state index in [-0.39, 0.29) is 23.4 Å². The molecule has 0 saturated carbocycles. The van der Waals surface area contributed by atoms with E-state index in [4.69, 9.17) is 16.3 Å². The molecule has 6 heteroatoms. The van der Waals surface area contributed by atoms with Crippen molar-refractivity contribution in [3.8, 4) is 0 Å². The van der Waals surface area contributed by atoms with Gasteiger partial charge < -0.3 is 14.5 Å². The van der Waals surface area contributed by atoms with E-state index in [0.717, 1.165) is 0 Å². The highest BCUT2D eigenvalue weighted by Crippen LogP contribution is 2.25. The molecule has 0 aromatic carbocycles. The minimum absolute atomic E-state index is 0.0869. The molecular weight excluding hydrogens is 256 g/mol. The lowest BCUT2D eigenvalue weighted by atomic mass is 10.1. The average molecular weight is 275 g/mol. The molecule has 0 aliphatic carbocycles. The predicted molar refractivity (Wildman–Crippen MR) is 67.6 cm³/mol. The first-order valence-electron chi connectivity index (χ1n) is 6.18. The van der Waals surface area contributed by atoms with Crippen molar-refractivity contribution in [2.24, 2.45) is 0 Å². The summed E-state index contributed by atoms with van der Waals surface area (Å²) in [7, 11) is 0. The number of carbonyl (C=O) groups is 2. The molecule has 2 rings (SSSR count). The third kappa shape index (κ3) is 2.88. The van der Waals surface area contributed by atoms with Crippen molar-refractivity contribution >= 4 is 23.6 Å². The average Bonchev–Trinajstić information content (AvgIpc) is 2.39. The van der Waals surface area contributed by atoms with Gasteiger partial charge in [0.2, 0.25) is 5.91 Å². The molecule has 2 amide bonds. The number of amides is 2. The molecule has 0 aromatic heterocycles. The number of halogens is 1. The van der Waals surface area contributed by atoms with Crippen molar-refractivity contribution in [3.63, 3.8) is 0 Å². The molecule has 1 unspecified atom stereocenters. The molecular formula is C12H19ClN2O3. The number of ether oxygens (including phenoxy) is 1. The molecule has 2 aliphatic rings. The van der Waals surface area contributed by atoms with E-state index in [9.17, 15) is 9.59 Å². The fourth-order valence-corrected chi connectivity index (χ4v) is 2.45. The van der Waals surface area contributed by atoms with Crippen molar-refractivity contribution in [1.29, 1.82) is 0 Å². The van der Waals surface area contributed by atoms with E-state index >= 15 is 0 Å². The number of likely N-dealkylation sites (tertiary alicyclic amines) is 2. The summed E-state index contributed by atoms with van der Waals surface area (Å²) in [5, 5.41) is -0.0897. The molecule has 18 heavy (non-hydrogen) atoms. The van der Waals surface area contributed by atoms with Gasteiger partial charge >= 0.3 is 6.09 Å². The van der Waals surface area contributed by atoms with Crippen LogP contribution in [0.2, 0.25) is 0 Å². The summed E-state index contributed by atoms with van der Waals surface area (Å²) in [5.74, 6) is 0.0869. The summed E-state index contributed by atoms with van der Waals surface area (Å²) in [6.07, 6.45) is 0.0950. The Kier molecular flexibility index (Phi) is 3.45. The smallest absolute Gasteiger partial charge is 0.410 e. The normalized spacial score (nSPS) is 25.3. The maximum absolute atomic E-state index is 11.7. The Labute approximate surface area is 112 Å². The first-order chi connectivity index (χ1) is 8.26.